The summed E-state index contributed by atoms with van der Waals surface area (Å²) in [6, 6.07) is 3.22. The van der Waals surface area contributed by atoms with Crippen molar-refractivity contribution >= 4 is 0 Å². The van der Waals surface area contributed by atoms with Crippen molar-refractivity contribution in [2.75, 3.05) is 13.2 Å². The number of benzene rings is 1. The maximum Gasteiger partial charge on any atom is 0.216 e. The van der Waals surface area contributed by atoms with Crippen LogP contribution in [0.2, 0.25) is 0 Å². The molecule has 2 atom stereocenters. The van der Waals surface area contributed by atoms with Gasteiger partial charge in [0, 0.05) is 24.0 Å². The van der Waals surface area contributed by atoms with E-state index in [1.54, 1.807) is 23.3 Å². The van der Waals surface area contributed by atoms with Crippen LogP contribution >= 0.6 is 0 Å². The van der Waals surface area contributed by atoms with Gasteiger partial charge in [0.05, 0.1) is 26.1 Å². The first kappa shape index (κ1) is 14.1. The summed E-state index contributed by atoms with van der Waals surface area (Å²) in [6.07, 6.45) is 4.25. The zero-order valence-electron chi connectivity index (χ0n) is 11.1. The Morgan fingerprint density at radius 3 is 2.90 bits per heavy atom. The molecule has 1 aromatic carbocycles. The molecule has 0 radical (unpaired) electrons. The summed E-state index contributed by atoms with van der Waals surface area (Å²) in [5.41, 5.74) is 0.0913. The molecule has 0 amide bonds. The average molecular weight is 296 g/mol. The average Bonchev–Trinajstić information content (AvgIpc) is 3.09. The quantitative estimate of drug-likeness (QED) is 0.927. The van der Waals surface area contributed by atoms with Gasteiger partial charge in [0.1, 0.15) is 17.7 Å². The van der Waals surface area contributed by atoms with Crippen LogP contribution in [0, 0.1) is 11.6 Å². The Hall–Kier alpha value is -1.83. The highest BCUT2D eigenvalue weighted by Gasteiger charge is 2.45. The smallest absolute Gasteiger partial charge is 0.216 e. The van der Waals surface area contributed by atoms with E-state index >= 15 is 0 Å². The van der Waals surface area contributed by atoms with E-state index in [-0.39, 0.29) is 25.3 Å². The Bertz CT molecular complexity index is 621. The van der Waals surface area contributed by atoms with E-state index in [4.69, 9.17) is 9.47 Å². The van der Waals surface area contributed by atoms with Crippen LogP contribution < -0.4 is 0 Å². The number of nitrogens with zero attached hydrogens (tertiary/aromatic N) is 2. The fourth-order valence-corrected chi connectivity index (χ4v) is 2.38. The zero-order valence-corrected chi connectivity index (χ0v) is 11.1. The number of hydrogen-bond acceptors (Lipinski definition) is 4. The number of rotatable bonds is 4. The van der Waals surface area contributed by atoms with Gasteiger partial charge in [0.15, 0.2) is 0 Å². The third-order valence-electron chi connectivity index (χ3n) is 3.35. The van der Waals surface area contributed by atoms with E-state index in [1.165, 1.54) is 6.07 Å². The minimum Gasteiger partial charge on any atom is -0.394 e. The molecule has 21 heavy (non-hydrogen) atoms. The van der Waals surface area contributed by atoms with Crippen LogP contribution in [0.15, 0.2) is 36.9 Å². The molecule has 0 spiro atoms. The van der Waals surface area contributed by atoms with Crippen LogP contribution in [0.25, 0.3) is 0 Å². The molecule has 0 aliphatic carbocycles. The molecule has 1 aromatic heterocycles. The van der Waals surface area contributed by atoms with Gasteiger partial charge < -0.3 is 19.1 Å². The van der Waals surface area contributed by atoms with Crippen LogP contribution in [0.1, 0.15) is 5.56 Å². The summed E-state index contributed by atoms with van der Waals surface area (Å²) in [6.45, 7) is 0.0303. The molecule has 1 saturated heterocycles. The standard InChI is InChI=1S/C14H14F2N2O3/c15-10-1-2-12(13(16)5-10)14(8-18-4-3-17-9-18)20-7-11(6-19)21-14/h1-5,9,11,19H,6-8H2. The molecule has 5 nitrogen and oxygen atoms in total. The molecular formula is C14H14F2N2O3. The van der Waals surface area contributed by atoms with Gasteiger partial charge in [-0.25, -0.2) is 13.8 Å². The zero-order chi connectivity index (χ0) is 14.9. The molecule has 2 unspecified atom stereocenters. The van der Waals surface area contributed by atoms with Crippen LogP contribution in [0.4, 0.5) is 8.78 Å². The lowest BCUT2D eigenvalue weighted by Gasteiger charge is -2.29. The number of imidazole rings is 1. The fourth-order valence-electron chi connectivity index (χ4n) is 2.38. The second kappa shape index (κ2) is 5.51. The lowest BCUT2D eigenvalue weighted by Crippen LogP contribution is -2.34. The predicted molar refractivity (Wildman–Crippen MR) is 68.2 cm³/mol. The monoisotopic (exact) mass is 296 g/mol. The first-order valence-corrected chi connectivity index (χ1v) is 6.47. The van der Waals surface area contributed by atoms with Crippen molar-refractivity contribution in [3.8, 4) is 0 Å². The van der Waals surface area contributed by atoms with E-state index in [9.17, 15) is 13.9 Å². The molecule has 1 aliphatic rings. The molecule has 2 aromatic rings. The van der Waals surface area contributed by atoms with Crippen LogP contribution in [0.5, 0.6) is 0 Å². The molecule has 2 heterocycles. The van der Waals surface area contributed by atoms with Crippen molar-refractivity contribution in [3.05, 3.63) is 54.1 Å². The molecule has 1 fully saturated rings. The Kier molecular flexibility index (Phi) is 3.71. The number of aromatic nitrogens is 2. The Labute approximate surface area is 119 Å². The summed E-state index contributed by atoms with van der Waals surface area (Å²) < 4.78 is 40.2. The number of aliphatic hydroxyl groups is 1. The lowest BCUT2D eigenvalue weighted by atomic mass is 10.0. The Morgan fingerprint density at radius 1 is 1.43 bits per heavy atom. The lowest BCUT2D eigenvalue weighted by molar-refractivity contribution is -0.191. The predicted octanol–water partition coefficient (Wildman–Crippen LogP) is 1.42. The Balaban J connectivity index is 1.99. The highest BCUT2D eigenvalue weighted by Crippen LogP contribution is 2.37. The van der Waals surface area contributed by atoms with Gasteiger partial charge in [-0.05, 0) is 12.1 Å². The van der Waals surface area contributed by atoms with Gasteiger partial charge in [-0.2, -0.15) is 0 Å². The highest BCUT2D eigenvalue weighted by atomic mass is 19.1. The minimum atomic E-state index is -1.41. The van der Waals surface area contributed by atoms with E-state index in [0.717, 1.165) is 12.1 Å². The number of ether oxygens (including phenoxy) is 2. The summed E-state index contributed by atoms with van der Waals surface area (Å²) >= 11 is 0. The van der Waals surface area contributed by atoms with Crippen molar-refractivity contribution in [1.82, 2.24) is 9.55 Å². The second-order valence-electron chi connectivity index (χ2n) is 4.85. The second-order valence-corrected chi connectivity index (χ2v) is 4.85. The van der Waals surface area contributed by atoms with Crippen molar-refractivity contribution in [2.24, 2.45) is 0 Å². The van der Waals surface area contributed by atoms with E-state index in [1.807, 2.05) is 0 Å². The Morgan fingerprint density at radius 2 is 2.29 bits per heavy atom. The van der Waals surface area contributed by atoms with Gasteiger partial charge in [0.2, 0.25) is 5.79 Å². The van der Waals surface area contributed by atoms with E-state index in [0.29, 0.717) is 0 Å². The van der Waals surface area contributed by atoms with Gasteiger partial charge in [-0.1, -0.05) is 0 Å². The van der Waals surface area contributed by atoms with Crippen LogP contribution in [0.3, 0.4) is 0 Å². The van der Waals surface area contributed by atoms with Gasteiger partial charge in [-0.3, -0.25) is 0 Å². The molecule has 1 N–H and O–H groups in total. The third kappa shape index (κ3) is 2.67. The molecular weight excluding hydrogens is 282 g/mol. The number of aliphatic hydroxyl groups excluding tert-OH is 1. The SMILES string of the molecule is OCC1COC(Cn2ccnc2)(c2ccc(F)cc2F)O1. The van der Waals surface area contributed by atoms with Gasteiger partial charge in [0.25, 0.3) is 0 Å². The first-order valence-electron chi connectivity index (χ1n) is 6.47. The maximum absolute atomic E-state index is 14.1. The van der Waals surface area contributed by atoms with E-state index < -0.39 is 23.5 Å². The van der Waals surface area contributed by atoms with Gasteiger partial charge in [-0.15, -0.1) is 0 Å². The highest BCUT2D eigenvalue weighted by molar-refractivity contribution is 5.24. The molecule has 7 heteroatoms. The molecule has 3 rings (SSSR count). The van der Waals surface area contributed by atoms with Crippen molar-refractivity contribution in [2.45, 2.75) is 18.4 Å². The van der Waals surface area contributed by atoms with E-state index in [2.05, 4.69) is 4.98 Å². The number of halogens is 2. The maximum atomic E-state index is 14.1. The largest absolute Gasteiger partial charge is 0.394 e. The van der Waals surface area contributed by atoms with Crippen molar-refractivity contribution in [1.29, 1.82) is 0 Å². The summed E-state index contributed by atoms with van der Waals surface area (Å²) in [5, 5.41) is 9.21. The minimum absolute atomic E-state index is 0.0913. The molecule has 112 valence electrons. The normalized spacial score (nSPS) is 25.4. The van der Waals surface area contributed by atoms with Crippen molar-refractivity contribution < 1.29 is 23.4 Å². The summed E-state index contributed by atoms with van der Waals surface area (Å²) in [4.78, 5) is 3.91. The number of hydrogen-bond donors (Lipinski definition) is 1. The van der Waals surface area contributed by atoms with Crippen LogP contribution in [-0.2, 0) is 21.8 Å². The van der Waals surface area contributed by atoms with Crippen molar-refractivity contribution in [3.63, 3.8) is 0 Å². The fraction of sp³-hybridized carbons (Fsp3) is 0.357. The van der Waals surface area contributed by atoms with Gasteiger partial charge >= 0.3 is 0 Å². The van der Waals surface area contributed by atoms with Crippen LogP contribution in [-0.4, -0.2) is 34.0 Å². The first-order chi connectivity index (χ1) is 10.1. The third-order valence-corrected chi connectivity index (χ3v) is 3.35. The summed E-state index contributed by atoms with van der Waals surface area (Å²) in [7, 11) is 0. The molecule has 0 saturated carbocycles. The topological polar surface area (TPSA) is 56.5 Å². The molecule has 0 bridgehead atoms. The summed E-state index contributed by atoms with van der Waals surface area (Å²) in [5.74, 6) is -2.84. The molecule has 1 aliphatic heterocycles.